The van der Waals surface area contributed by atoms with E-state index in [0.29, 0.717) is 24.4 Å². The van der Waals surface area contributed by atoms with Crippen LogP contribution in [0.4, 0.5) is 0 Å². The molecule has 1 amide bonds. The molecule has 0 aromatic heterocycles. The van der Waals surface area contributed by atoms with Gasteiger partial charge in [-0.15, -0.1) is 0 Å². The Hall–Kier alpha value is -3.33. The van der Waals surface area contributed by atoms with E-state index in [1.165, 1.54) is 24.0 Å². The van der Waals surface area contributed by atoms with Crippen molar-refractivity contribution in [3.05, 3.63) is 107 Å². The molecular formula is C29H33NO2. The molecular weight excluding hydrogens is 394 g/mol. The number of amides is 1. The fraction of sp³-hybridized carbons (Fsp3) is 0.276. The molecule has 0 N–H and O–H groups in total. The molecule has 0 fully saturated rings. The Kier molecular flexibility index (Phi) is 9.12. The largest absolute Gasteiger partial charge is 0.497 e. The lowest BCUT2D eigenvalue weighted by Crippen LogP contribution is -2.32. The van der Waals surface area contributed by atoms with Crippen LogP contribution in [0.3, 0.4) is 0 Å². The number of benzene rings is 3. The molecule has 0 aliphatic rings. The Morgan fingerprint density at radius 3 is 2.31 bits per heavy atom. The lowest BCUT2D eigenvalue weighted by Gasteiger charge is -2.25. The topological polar surface area (TPSA) is 29.5 Å². The molecule has 0 heterocycles. The van der Waals surface area contributed by atoms with E-state index in [2.05, 4.69) is 49.4 Å². The summed E-state index contributed by atoms with van der Waals surface area (Å²) in [6.07, 6.45) is 6.72. The molecule has 0 spiro atoms. The smallest absolute Gasteiger partial charge is 0.254 e. The van der Waals surface area contributed by atoms with E-state index in [-0.39, 0.29) is 5.91 Å². The molecule has 0 aliphatic heterocycles. The highest BCUT2D eigenvalue weighted by atomic mass is 16.5. The van der Waals surface area contributed by atoms with E-state index < -0.39 is 0 Å². The molecule has 3 aromatic rings. The number of carbonyl (C=O) groups excluding carboxylic acids is 1. The molecule has 166 valence electrons. The van der Waals surface area contributed by atoms with Crippen molar-refractivity contribution in [3.8, 4) is 5.75 Å². The average Bonchev–Trinajstić information content (AvgIpc) is 2.84. The second kappa shape index (κ2) is 12.5. The fourth-order valence-corrected chi connectivity index (χ4v) is 3.77. The number of hydrogen-bond acceptors (Lipinski definition) is 2. The highest BCUT2D eigenvalue weighted by molar-refractivity contribution is 5.94. The Labute approximate surface area is 192 Å². The summed E-state index contributed by atoms with van der Waals surface area (Å²) >= 11 is 0. The third-order valence-electron chi connectivity index (χ3n) is 5.49. The van der Waals surface area contributed by atoms with Crippen LogP contribution in [-0.2, 0) is 6.54 Å². The average molecular weight is 428 g/mol. The molecule has 0 saturated carbocycles. The molecule has 3 heteroatoms. The van der Waals surface area contributed by atoms with Crippen molar-refractivity contribution < 1.29 is 9.53 Å². The minimum absolute atomic E-state index is 0.0159. The summed E-state index contributed by atoms with van der Waals surface area (Å²) in [6.45, 7) is 3.38. The highest BCUT2D eigenvalue weighted by Crippen LogP contribution is 2.20. The maximum atomic E-state index is 13.6. The van der Waals surface area contributed by atoms with Crippen molar-refractivity contribution in [3.63, 3.8) is 0 Å². The third-order valence-corrected chi connectivity index (χ3v) is 5.49. The summed E-state index contributed by atoms with van der Waals surface area (Å²) in [4.78, 5) is 15.5. The number of rotatable bonds is 11. The first-order valence-corrected chi connectivity index (χ1v) is 11.4. The van der Waals surface area contributed by atoms with Gasteiger partial charge in [0.1, 0.15) is 5.75 Å². The van der Waals surface area contributed by atoms with E-state index in [1.807, 2.05) is 53.4 Å². The van der Waals surface area contributed by atoms with Crippen molar-refractivity contribution in [1.82, 2.24) is 4.90 Å². The lowest BCUT2D eigenvalue weighted by atomic mass is 10.0. The first-order valence-electron chi connectivity index (χ1n) is 11.4. The van der Waals surface area contributed by atoms with Crippen LogP contribution in [0.5, 0.6) is 5.75 Å². The molecule has 0 bridgehead atoms. The van der Waals surface area contributed by atoms with Crippen molar-refractivity contribution >= 4 is 12.0 Å². The zero-order valence-corrected chi connectivity index (χ0v) is 19.2. The predicted octanol–water partition coefficient (Wildman–Crippen LogP) is 7.00. The SMILES string of the molecule is CCCCC/C(=C\c1ccccc1)CN(Cc1ccccc1)C(=O)c1cccc(OC)c1. The summed E-state index contributed by atoms with van der Waals surface area (Å²) in [5, 5.41) is 0. The van der Waals surface area contributed by atoms with Crippen LogP contribution in [0.2, 0.25) is 0 Å². The van der Waals surface area contributed by atoms with E-state index in [1.54, 1.807) is 7.11 Å². The number of ether oxygens (including phenoxy) is 1. The minimum atomic E-state index is 0.0159. The zero-order valence-electron chi connectivity index (χ0n) is 19.2. The van der Waals surface area contributed by atoms with Gasteiger partial charge in [0.05, 0.1) is 7.11 Å². The van der Waals surface area contributed by atoms with Crippen LogP contribution < -0.4 is 4.74 Å². The normalized spacial score (nSPS) is 11.2. The van der Waals surface area contributed by atoms with E-state index in [9.17, 15) is 4.79 Å². The van der Waals surface area contributed by atoms with Gasteiger partial charge < -0.3 is 9.64 Å². The standard InChI is InChI=1S/C29H33NO2/c1-3-4-7-17-26(20-24-13-8-5-9-14-24)23-30(22-25-15-10-6-11-16-25)29(31)27-18-12-19-28(21-27)32-2/h5-6,8-16,18-21H,3-4,7,17,22-23H2,1-2H3/b26-20+. The summed E-state index contributed by atoms with van der Waals surface area (Å²) in [7, 11) is 1.62. The van der Waals surface area contributed by atoms with Crippen molar-refractivity contribution in [1.29, 1.82) is 0 Å². The molecule has 0 aliphatic carbocycles. The maximum Gasteiger partial charge on any atom is 0.254 e. The second-order valence-electron chi connectivity index (χ2n) is 8.05. The Morgan fingerprint density at radius 1 is 0.906 bits per heavy atom. The van der Waals surface area contributed by atoms with E-state index in [4.69, 9.17) is 4.74 Å². The molecule has 3 rings (SSSR count). The van der Waals surface area contributed by atoms with Crippen molar-refractivity contribution in [2.45, 2.75) is 39.2 Å². The van der Waals surface area contributed by atoms with Crippen LogP contribution in [0, 0.1) is 0 Å². The Bertz CT molecular complexity index is 996. The van der Waals surface area contributed by atoms with Crippen LogP contribution in [-0.4, -0.2) is 24.5 Å². The first kappa shape index (κ1) is 23.3. The molecule has 32 heavy (non-hydrogen) atoms. The quantitative estimate of drug-likeness (QED) is 0.308. The van der Waals surface area contributed by atoms with Gasteiger partial charge in [0.15, 0.2) is 0 Å². The summed E-state index contributed by atoms with van der Waals surface area (Å²) in [5.74, 6) is 0.709. The first-order chi connectivity index (χ1) is 15.7. The number of carbonyl (C=O) groups is 1. The molecule has 0 unspecified atom stereocenters. The Balaban J connectivity index is 1.90. The van der Waals surface area contributed by atoms with Crippen molar-refractivity contribution in [2.24, 2.45) is 0 Å². The summed E-state index contributed by atoms with van der Waals surface area (Å²) < 4.78 is 5.35. The summed E-state index contributed by atoms with van der Waals surface area (Å²) in [6, 6.07) is 28.0. The molecule has 0 radical (unpaired) electrons. The number of methoxy groups -OCH3 is 1. The molecule has 3 nitrogen and oxygen atoms in total. The molecule has 0 saturated heterocycles. The van der Waals surface area contributed by atoms with Crippen LogP contribution in [0.1, 0.15) is 54.1 Å². The number of hydrogen-bond donors (Lipinski definition) is 0. The lowest BCUT2D eigenvalue weighted by molar-refractivity contribution is 0.0757. The van der Waals surface area contributed by atoms with Crippen LogP contribution in [0.25, 0.3) is 6.08 Å². The minimum Gasteiger partial charge on any atom is -0.497 e. The van der Waals surface area contributed by atoms with E-state index in [0.717, 1.165) is 18.4 Å². The van der Waals surface area contributed by atoms with Crippen LogP contribution in [0.15, 0.2) is 90.5 Å². The number of nitrogens with zero attached hydrogens (tertiary/aromatic N) is 1. The molecule has 0 atom stereocenters. The van der Waals surface area contributed by atoms with E-state index >= 15 is 0 Å². The predicted molar refractivity (Wildman–Crippen MR) is 133 cm³/mol. The monoisotopic (exact) mass is 427 g/mol. The third kappa shape index (κ3) is 7.12. The highest BCUT2D eigenvalue weighted by Gasteiger charge is 2.18. The van der Waals surface area contributed by atoms with Gasteiger partial charge in [-0.2, -0.15) is 0 Å². The Morgan fingerprint density at radius 2 is 1.62 bits per heavy atom. The van der Waals surface area contributed by atoms with Crippen LogP contribution >= 0.6 is 0 Å². The van der Waals surface area contributed by atoms with Gasteiger partial charge in [0, 0.05) is 18.7 Å². The second-order valence-corrected chi connectivity index (χ2v) is 8.05. The zero-order chi connectivity index (χ0) is 22.6. The summed E-state index contributed by atoms with van der Waals surface area (Å²) in [5.41, 5.74) is 4.22. The fourth-order valence-electron chi connectivity index (χ4n) is 3.77. The van der Waals surface area contributed by atoms with Gasteiger partial charge in [0.2, 0.25) is 0 Å². The van der Waals surface area contributed by atoms with Gasteiger partial charge in [-0.25, -0.2) is 0 Å². The molecule has 3 aromatic carbocycles. The maximum absolute atomic E-state index is 13.6. The number of unbranched alkanes of at least 4 members (excludes halogenated alkanes) is 2. The van der Waals surface area contributed by atoms with Gasteiger partial charge >= 0.3 is 0 Å². The van der Waals surface area contributed by atoms with Gasteiger partial charge in [-0.1, -0.05) is 98.1 Å². The van der Waals surface area contributed by atoms with Gasteiger partial charge in [-0.05, 0) is 42.2 Å². The van der Waals surface area contributed by atoms with Gasteiger partial charge in [0.25, 0.3) is 5.91 Å². The van der Waals surface area contributed by atoms with Gasteiger partial charge in [-0.3, -0.25) is 4.79 Å². The van der Waals surface area contributed by atoms with Crippen molar-refractivity contribution in [2.75, 3.05) is 13.7 Å².